The second-order valence-electron chi connectivity index (χ2n) is 4.76. The molecule has 0 aliphatic heterocycles. The number of benzene rings is 1. The maximum absolute atomic E-state index is 11.7. The van der Waals surface area contributed by atoms with Crippen molar-refractivity contribution in [3.8, 4) is 0 Å². The summed E-state index contributed by atoms with van der Waals surface area (Å²) in [5.74, 6) is -1.11. The zero-order valence-corrected chi connectivity index (χ0v) is 13.6. The van der Waals surface area contributed by atoms with Gasteiger partial charge >= 0.3 is 133 Å². The summed E-state index contributed by atoms with van der Waals surface area (Å²) in [6.45, 7) is -0.877. The number of anilines is 1. The SMILES string of the molecule is O=C(Nc1ccc([As](=O)(O)O)cc1)[C@H](O)[C@@H](O)[C@H](O)[C@H](O)CO. The average molecular weight is 395 g/mol. The Morgan fingerprint density at radius 2 is 1.57 bits per heavy atom. The topological polar surface area (TPSA) is 188 Å². The molecule has 1 aromatic carbocycles. The number of hydrogen-bond donors (Lipinski definition) is 8. The molecule has 0 fully saturated rings. The van der Waals surface area contributed by atoms with E-state index in [9.17, 15) is 23.9 Å². The summed E-state index contributed by atoms with van der Waals surface area (Å²) in [7, 11) is 0. The van der Waals surface area contributed by atoms with E-state index in [-0.39, 0.29) is 10.0 Å². The fourth-order valence-electron chi connectivity index (χ4n) is 1.63. The Hall–Kier alpha value is -1.23. The van der Waals surface area contributed by atoms with Gasteiger partial charge in [0.05, 0.1) is 0 Å². The van der Waals surface area contributed by atoms with Crippen LogP contribution in [-0.4, -0.2) is 84.8 Å². The fraction of sp³-hybridized carbons (Fsp3) is 0.417. The van der Waals surface area contributed by atoms with Crippen LogP contribution in [0.4, 0.5) is 5.69 Å². The predicted molar refractivity (Wildman–Crippen MR) is 76.7 cm³/mol. The number of aliphatic hydroxyl groups excluding tert-OH is 5. The number of aliphatic hydroxyl groups is 5. The zero-order chi connectivity index (χ0) is 17.8. The summed E-state index contributed by atoms with van der Waals surface area (Å²) in [6.07, 6.45) is -7.83. The van der Waals surface area contributed by atoms with Crippen LogP contribution in [0.3, 0.4) is 0 Å². The van der Waals surface area contributed by atoms with E-state index in [4.69, 9.17) is 18.4 Å². The van der Waals surface area contributed by atoms with Crippen molar-refractivity contribution in [2.24, 2.45) is 0 Å². The van der Waals surface area contributed by atoms with Crippen LogP contribution in [0.1, 0.15) is 0 Å². The van der Waals surface area contributed by atoms with Gasteiger partial charge < -0.3 is 0 Å². The Morgan fingerprint density at radius 3 is 2.00 bits per heavy atom. The van der Waals surface area contributed by atoms with Crippen molar-refractivity contribution in [2.45, 2.75) is 24.4 Å². The van der Waals surface area contributed by atoms with Crippen molar-refractivity contribution < 1.29 is 42.3 Å². The molecule has 0 aliphatic carbocycles. The van der Waals surface area contributed by atoms with Gasteiger partial charge in [-0.2, -0.15) is 0 Å². The van der Waals surface area contributed by atoms with Crippen molar-refractivity contribution >= 4 is 30.1 Å². The molecule has 4 atom stereocenters. The molecule has 23 heavy (non-hydrogen) atoms. The van der Waals surface area contributed by atoms with Gasteiger partial charge in [-0.25, -0.2) is 0 Å². The molecule has 0 unspecified atom stereocenters. The third-order valence-electron chi connectivity index (χ3n) is 2.99. The molecular weight excluding hydrogens is 377 g/mol. The predicted octanol–water partition coefficient (Wildman–Crippen LogP) is -4.38. The molecule has 0 aromatic heterocycles. The Bertz CT molecular complexity index is 572. The van der Waals surface area contributed by atoms with Gasteiger partial charge in [0.1, 0.15) is 0 Å². The van der Waals surface area contributed by atoms with E-state index >= 15 is 0 Å². The summed E-state index contributed by atoms with van der Waals surface area (Å²) >= 11 is -5.04. The molecule has 10 nitrogen and oxygen atoms in total. The first-order valence-electron chi connectivity index (χ1n) is 6.38. The molecule has 8 N–H and O–H groups in total. The van der Waals surface area contributed by atoms with Crippen LogP contribution >= 0.6 is 0 Å². The monoisotopic (exact) mass is 395 g/mol. The molecule has 130 valence electrons. The summed E-state index contributed by atoms with van der Waals surface area (Å²) in [5, 5.41) is 48.5. The van der Waals surface area contributed by atoms with E-state index in [1.807, 2.05) is 0 Å². The molecule has 0 bridgehead atoms. The van der Waals surface area contributed by atoms with Crippen molar-refractivity contribution in [2.75, 3.05) is 11.9 Å². The number of nitrogens with one attached hydrogen (secondary N) is 1. The number of carbonyl (C=O) groups is 1. The van der Waals surface area contributed by atoms with E-state index in [0.29, 0.717) is 0 Å². The van der Waals surface area contributed by atoms with E-state index in [1.54, 1.807) is 0 Å². The maximum atomic E-state index is 11.7. The van der Waals surface area contributed by atoms with Crippen molar-refractivity contribution in [1.82, 2.24) is 0 Å². The van der Waals surface area contributed by atoms with Gasteiger partial charge in [-0.15, -0.1) is 0 Å². The number of rotatable bonds is 7. The molecule has 0 radical (unpaired) electrons. The van der Waals surface area contributed by atoms with Crippen molar-refractivity contribution in [1.29, 1.82) is 0 Å². The molecule has 0 spiro atoms. The van der Waals surface area contributed by atoms with Crippen LogP contribution in [0.25, 0.3) is 0 Å². The molecule has 11 heteroatoms. The molecule has 0 saturated carbocycles. The van der Waals surface area contributed by atoms with Crippen LogP contribution in [0, 0.1) is 0 Å². The fourth-order valence-corrected chi connectivity index (χ4v) is 2.76. The summed E-state index contributed by atoms with van der Waals surface area (Å²) in [6, 6.07) is 4.57. The van der Waals surface area contributed by atoms with E-state index in [1.165, 1.54) is 12.1 Å². The number of amides is 1. The molecule has 1 aromatic rings. The standard InChI is InChI=1S/C12H18AsNO9/c15-5-8(16)9(17)10(18)11(19)12(20)14-7-3-1-6(2-4-7)13(21,22)23/h1-4,8-11,15-19H,5H2,(H,14,20)(H2,21,22,23)/t8-,9-,10+,11-/m1/s1. The van der Waals surface area contributed by atoms with Gasteiger partial charge in [0.2, 0.25) is 0 Å². The van der Waals surface area contributed by atoms with Gasteiger partial charge in [-0.1, -0.05) is 0 Å². The summed E-state index contributed by atoms with van der Waals surface area (Å²) in [4.78, 5) is 11.7. The minimum absolute atomic E-state index is 0.0890. The van der Waals surface area contributed by atoms with Gasteiger partial charge in [-0.3, -0.25) is 0 Å². The van der Waals surface area contributed by atoms with E-state index in [2.05, 4.69) is 5.32 Å². The first-order chi connectivity index (χ1) is 10.6. The second-order valence-corrected chi connectivity index (χ2v) is 8.12. The Labute approximate surface area is 133 Å². The third kappa shape index (κ3) is 5.41. The number of carbonyl (C=O) groups excluding carboxylic acids is 1. The first-order valence-corrected chi connectivity index (χ1v) is 9.76. The summed E-state index contributed by atoms with van der Waals surface area (Å²) in [5.41, 5.74) is 0.0890. The minimum atomic E-state index is -5.04. The van der Waals surface area contributed by atoms with Crippen LogP contribution in [0.15, 0.2) is 24.3 Å². The van der Waals surface area contributed by atoms with Gasteiger partial charge in [0.15, 0.2) is 0 Å². The van der Waals surface area contributed by atoms with Gasteiger partial charge in [0.25, 0.3) is 0 Å². The molecule has 0 saturated heterocycles. The summed E-state index contributed by atoms with van der Waals surface area (Å²) < 4.78 is 28.8. The molecule has 0 heterocycles. The first kappa shape index (κ1) is 19.8. The molecule has 1 rings (SSSR count). The van der Waals surface area contributed by atoms with Gasteiger partial charge in [0, 0.05) is 0 Å². The Morgan fingerprint density at radius 1 is 1.04 bits per heavy atom. The van der Waals surface area contributed by atoms with Crippen LogP contribution in [0.5, 0.6) is 0 Å². The average Bonchev–Trinajstić information content (AvgIpc) is 2.51. The third-order valence-corrected chi connectivity index (χ3v) is 5.03. The van der Waals surface area contributed by atoms with Crippen molar-refractivity contribution in [3.63, 3.8) is 0 Å². The normalized spacial score (nSPS) is 17.2. The second kappa shape index (κ2) is 8.04. The van der Waals surface area contributed by atoms with Crippen LogP contribution in [-0.2, 0) is 8.53 Å². The Kier molecular flexibility index (Phi) is 6.93. The van der Waals surface area contributed by atoms with Crippen LogP contribution < -0.4 is 9.67 Å². The van der Waals surface area contributed by atoms with E-state index in [0.717, 1.165) is 12.1 Å². The molecular formula is C12H18AsNO9. The van der Waals surface area contributed by atoms with Crippen molar-refractivity contribution in [3.05, 3.63) is 24.3 Å². The van der Waals surface area contributed by atoms with Gasteiger partial charge in [-0.05, 0) is 0 Å². The Balaban J connectivity index is 2.73. The van der Waals surface area contributed by atoms with E-state index < -0.39 is 51.1 Å². The molecule has 0 aliphatic rings. The zero-order valence-electron chi connectivity index (χ0n) is 11.7. The number of hydrogen-bond acceptors (Lipinski definition) is 7. The van der Waals surface area contributed by atoms with Crippen LogP contribution in [0.2, 0.25) is 0 Å². The molecule has 1 amide bonds. The quantitative estimate of drug-likeness (QED) is 0.211.